The van der Waals surface area contributed by atoms with E-state index in [0.717, 1.165) is 0 Å². The van der Waals surface area contributed by atoms with Crippen LogP contribution >= 0.6 is 0 Å². The average molecular weight is 1050 g/mol. The second-order valence-electron chi connectivity index (χ2n) is 17.9. The highest BCUT2D eigenvalue weighted by Gasteiger charge is 2.35. The Hall–Kier alpha value is -6.33. The number of carbonyl (C=O) groups is 10. The van der Waals surface area contributed by atoms with Crippen molar-refractivity contribution >= 4 is 59.3 Å². The minimum absolute atomic E-state index is 0.00905. The zero-order valence-electron chi connectivity index (χ0n) is 42.3. The molecule has 8 unspecified atom stereocenters. The van der Waals surface area contributed by atoms with Crippen LogP contribution in [0.3, 0.4) is 0 Å². The number of hydrogen-bond acceptors (Lipinski definition) is 17. The number of nitrogens with two attached hydrogens (primary N) is 6. The number of amides is 7. The van der Waals surface area contributed by atoms with Gasteiger partial charge in [-0.15, -0.1) is 0 Å². The van der Waals surface area contributed by atoms with Gasteiger partial charge in [-0.3, -0.25) is 43.2 Å². The molecule has 7 amide bonds. The van der Waals surface area contributed by atoms with Crippen LogP contribution in [0.1, 0.15) is 128 Å². The lowest BCUT2D eigenvalue weighted by atomic mass is 10.0. The van der Waals surface area contributed by atoms with Gasteiger partial charge in [0.15, 0.2) is 0 Å². The van der Waals surface area contributed by atoms with Gasteiger partial charge in [-0.25, -0.2) is 9.78 Å². The number of nitrogens with one attached hydrogen (secondary N) is 8. The van der Waals surface area contributed by atoms with Crippen LogP contribution in [0.15, 0.2) is 12.5 Å². The zero-order valence-corrected chi connectivity index (χ0v) is 42.3. The van der Waals surface area contributed by atoms with Crippen LogP contribution in [-0.2, 0) is 54.4 Å². The summed E-state index contributed by atoms with van der Waals surface area (Å²) in [7, 11) is 0. The van der Waals surface area contributed by atoms with Gasteiger partial charge in [0.05, 0.1) is 12.4 Å². The van der Waals surface area contributed by atoms with E-state index in [1.807, 2.05) is 0 Å². The third-order valence-electron chi connectivity index (χ3n) is 11.8. The van der Waals surface area contributed by atoms with Crippen LogP contribution in [0.2, 0.25) is 0 Å². The number of aliphatic carboxylic acids is 3. The number of H-pyrrole nitrogens is 1. The number of rotatable bonds is 43. The molecule has 74 heavy (non-hydrogen) atoms. The summed E-state index contributed by atoms with van der Waals surface area (Å²) in [6.45, 7) is 1.31. The molecule has 0 fully saturated rings. The number of unbranched alkanes of at least 4 members (excludes halogenated alkanes) is 5. The summed E-state index contributed by atoms with van der Waals surface area (Å²) < 4.78 is 0. The van der Waals surface area contributed by atoms with Gasteiger partial charge in [0.25, 0.3) is 0 Å². The van der Waals surface area contributed by atoms with Crippen molar-refractivity contribution in [1.82, 2.24) is 47.2 Å². The van der Waals surface area contributed by atoms with Crippen LogP contribution in [0.4, 0.5) is 0 Å². The highest BCUT2D eigenvalue weighted by atomic mass is 16.4. The van der Waals surface area contributed by atoms with E-state index in [4.69, 9.17) is 39.5 Å². The number of nitrogens with zero attached hydrogens (tertiary/aromatic N) is 1. The van der Waals surface area contributed by atoms with Gasteiger partial charge in [0, 0.05) is 31.2 Å². The maximum Gasteiger partial charge on any atom is 0.326 e. The molecule has 8 atom stereocenters. The summed E-state index contributed by atoms with van der Waals surface area (Å²) in [6.07, 6.45) is 5.09. The summed E-state index contributed by atoms with van der Waals surface area (Å²) in [5.74, 6) is -9.75. The molecule has 0 aliphatic rings. The largest absolute Gasteiger partial charge is 0.481 e. The first-order chi connectivity index (χ1) is 35.3. The molecule has 0 radical (unpaired) electrons. The zero-order chi connectivity index (χ0) is 55.4. The number of hydrogen-bond donors (Lipinski definition) is 17. The molecule has 0 aromatic carbocycles. The van der Waals surface area contributed by atoms with E-state index in [-0.39, 0.29) is 71.1 Å². The van der Waals surface area contributed by atoms with Gasteiger partial charge in [-0.1, -0.05) is 0 Å². The quantitative estimate of drug-likeness (QED) is 0.0278. The standard InChI is InChI=1S/C46H83N15O13/c47-20-6-1-11-30(56-41(68)31(12-2-7-21-48)58-44(71)34(17-19-38(64)65)55-39(66)29(52)16-18-37(62)63)40(67)57-33(14-4-9-23-50)43(70)61-36(25-28-26-53-27-54-28)45(72)59-32(13-3-8-22-49)42(69)60-35(46(73)74)15-5-10-24-51/h26-27,29-36H,1-25,47-52H2,(H,53,54)(H,55,66)(H,56,68)(H,57,67)(H,58,71)(H,59,72)(H,60,69)(H,61,70)(H,62,63)(H,64,65)(H,73,74). The van der Waals surface area contributed by atoms with Crippen molar-refractivity contribution in [3.8, 4) is 0 Å². The Morgan fingerprint density at radius 2 is 0.716 bits per heavy atom. The molecule has 23 N–H and O–H groups in total. The summed E-state index contributed by atoms with van der Waals surface area (Å²) in [4.78, 5) is 139. The van der Waals surface area contributed by atoms with E-state index >= 15 is 0 Å². The molecule has 1 aromatic heterocycles. The van der Waals surface area contributed by atoms with E-state index in [2.05, 4.69) is 47.2 Å². The molecule has 0 saturated heterocycles. The van der Waals surface area contributed by atoms with Crippen LogP contribution in [0.5, 0.6) is 0 Å². The number of carboxylic acids is 3. The third kappa shape index (κ3) is 27.6. The van der Waals surface area contributed by atoms with Crippen LogP contribution in [-0.4, -0.2) is 166 Å². The highest BCUT2D eigenvalue weighted by Crippen LogP contribution is 2.12. The minimum atomic E-state index is -1.52. The molecule has 1 heterocycles. The number of aromatic amines is 1. The molecule has 0 saturated carbocycles. The Balaban J connectivity index is 3.55. The fourth-order valence-corrected chi connectivity index (χ4v) is 7.48. The molecule has 28 nitrogen and oxygen atoms in total. The Labute approximate surface area is 430 Å². The van der Waals surface area contributed by atoms with Gasteiger partial charge >= 0.3 is 17.9 Å². The molecule has 0 aliphatic heterocycles. The van der Waals surface area contributed by atoms with Crippen LogP contribution in [0.25, 0.3) is 0 Å². The molecular weight excluding hydrogens is 971 g/mol. The Morgan fingerprint density at radius 3 is 1.04 bits per heavy atom. The van der Waals surface area contributed by atoms with Crippen LogP contribution < -0.4 is 71.6 Å². The van der Waals surface area contributed by atoms with Crippen molar-refractivity contribution in [2.24, 2.45) is 34.4 Å². The first kappa shape index (κ1) is 65.7. The molecule has 0 aliphatic carbocycles. The number of carbonyl (C=O) groups excluding carboxylic acids is 7. The minimum Gasteiger partial charge on any atom is -0.481 e. The second kappa shape index (κ2) is 38.3. The fourth-order valence-electron chi connectivity index (χ4n) is 7.48. The van der Waals surface area contributed by atoms with Gasteiger partial charge in [0.2, 0.25) is 41.4 Å². The summed E-state index contributed by atoms with van der Waals surface area (Å²) in [5.41, 5.74) is 34.7. The van der Waals surface area contributed by atoms with Crippen molar-refractivity contribution in [3.05, 3.63) is 18.2 Å². The third-order valence-corrected chi connectivity index (χ3v) is 11.8. The van der Waals surface area contributed by atoms with E-state index in [1.165, 1.54) is 12.5 Å². The maximum atomic E-state index is 14.3. The van der Waals surface area contributed by atoms with E-state index < -0.39 is 127 Å². The monoisotopic (exact) mass is 1050 g/mol. The van der Waals surface area contributed by atoms with E-state index in [1.54, 1.807) is 0 Å². The van der Waals surface area contributed by atoms with Crippen molar-refractivity contribution in [3.63, 3.8) is 0 Å². The predicted octanol–water partition coefficient (Wildman–Crippen LogP) is -3.87. The molecule has 0 bridgehead atoms. The number of aromatic nitrogens is 2. The lowest BCUT2D eigenvalue weighted by Crippen LogP contribution is -2.60. The molecule has 420 valence electrons. The maximum absolute atomic E-state index is 14.3. The first-order valence-electron chi connectivity index (χ1n) is 25.3. The van der Waals surface area contributed by atoms with Crippen molar-refractivity contribution in [1.29, 1.82) is 0 Å². The van der Waals surface area contributed by atoms with Crippen molar-refractivity contribution < 1.29 is 63.3 Å². The number of carboxylic acid groups (broad SMARTS) is 3. The average Bonchev–Trinajstić information content (AvgIpc) is 3.88. The highest BCUT2D eigenvalue weighted by molar-refractivity contribution is 5.97. The molecular formula is C46H83N15O13. The first-order valence-corrected chi connectivity index (χ1v) is 25.3. The topological polar surface area (TPSA) is 500 Å². The second-order valence-corrected chi connectivity index (χ2v) is 17.9. The molecule has 1 rings (SSSR count). The van der Waals surface area contributed by atoms with Gasteiger partial charge < -0.3 is 91.9 Å². The predicted molar refractivity (Wildman–Crippen MR) is 270 cm³/mol. The lowest BCUT2D eigenvalue weighted by Gasteiger charge is -2.28. The Bertz CT molecular complexity index is 1890. The van der Waals surface area contributed by atoms with E-state index in [9.17, 15) is 58.2 Å². The Kier molecular flexibility index (Phi) is 34.0. The van der Waals surface area contributed by atoms with Crippen molar-refractivity contribution in [2.45, 2.75) is 177 Å². The molecule has 0 spiro atoms. The summed E-state index contributed by atoms with van der Waals surface area (Å²) in [6, 6.07) is -10.8. The normalized spacial score (nSPS) is 14.4. The van der Waals surface area contributed by atoms with Crippen molar-refractivity contribution in [2.75, 3.05) is 32.7 Å². The summed E-state index contributed by atoms with van der Waals surface area (Å²) >= 11 is 0. The number of imidazole rings is 1. The van der Waals surface area contributed by atoms with Gasteiger partial charge in [-0.05, 0) is 142 Å². The van der Waals surface area contributed by atoms with Gasteiger partial charge in [0.1, 0.15) is 42.3 Å². The SMILES string of the molecule is NCCCCC(NC(=O)C(CCCCN)NC(=O)C(Cc1cnc[nH]1)NC(=O)C(CCCCN)NC(=O)C(CCCCN)NC(=O)C(CCCCN)NC(=O)C(CCC(=O)O)NC(=O)C(N)CCC(=O)O)C(=O)O. The summed E-state index contributed by atoms with van der Waals surface area (Å²) in [5, 5.41) is 46.3. The van der Waals surface area contributed by atoms with Crippen LogP contribution in [0, 0.1) is 0 Å². The lowest BCUT2D eigenvalue weighted by molar-refractivity contribution is -0.142. The Morgan fingerprint density at radius 1 is 0.419 bits per heavy atom. The smallest absolute Gasteiger partial charge is 0.326 e. The fraction of sp³-hybridized carbons (Fsp3) is 0.717. The van der Waals surface area contributed by atoms with Gasteiger partial charge in [-0.2, -0.15) is 0 Å². The molecule has 1 aromatic rings. The van der Waals surface area contributed by atoms with E-state index in [0.29, 0.717) is 76.4 Å². The molecule has 28 heteroatoms.